The molecule has 0 aromatic heterocycles. The van der Waals surface area contributed by atoms with Gasteiger partial charge >= 0.3 is 0 Å². The average molecular weight is 395 g/mol. The van der Waals surface area contributed by atoms with Crippen LogP contribution in [0.3, 0.4) is 0 Å². The molecule has 0 amide bonds. The smallest absolute Gasteiger partial charge is 0.0814 e. The molecule has 2 heteroatoms. The molecule has 1 fully saturated rings. The molecule has 21 heavy (non-hydrogen) atoms. The molecule has 0 N–H and O–H groups in total. The average Bonchev–Trinajstić information content (AvgIpc) is 2.56. The van der Waals surface area contributed by atoms with Gasteiger partial charge in [0.05, 0.1) is 4.05 Å². The van der Waals surface area contributed by atoms with Gasteiger partial charge in [-0.1, -0.05) is 83.5 Å². The third kappa shape index (κ3) is 3.70. The van der Waals surface area contributed by atoms with Gasteiger partial charge in [0.15, 0.2) is 0 Å². The van der Waals surface area contributed by atoms with Crippen molar-refractivity contribution >= 4 is 22.6 Å². The van der Waals surface area contributed by atoms with Gasteiger partial charge in [0, 0.05) is 12.1 Å². The highest BCUT2D eigenvalue weighted by molar-refractivity contribution is 14.1. The van der Waals surface area contributed by atoms with Crippen molar-refractivity contribution in [2.24, 2.45) is 5.92 Å². The zero-order valence-corrected chi connectivity index (χ0v) is 15.1. The Morgan fingerprint density at radius 2 is 1.95 bits per heavy atom. The number of halogens is 1. The summed E-state index contributed by atoms with van der Waals surface area (Å²) >= 11 is 2.63. The van der Waals surface area contributed by atoms with E-state index < -0.39 is 0 Å². The van der Waals surface area contributed by atoms with Crippen LogP contribution in [0.15, 0.2) is 48.1 Å². The van der Waals surface area contributed by atoms with Crippen LogP contribution in [-0.4, -0.2) is 21.0 Å². The van der Waals surface area contributed by atoms with Crippen LogP contribution in [0.25, 0.3) is 0 Å². The zero-order valence-electron chi connectivity index (χ0n) is 12.9. The summed E-state index contributed by atoms with van der Waals surface area (Å²) in [5.74, 6) is 0.840. The molecule has 0 spiro atoms. The Labute approximate surface area is 143 Å². The zero-order chi connectivity index (χ0) is 14.7. The lowest BCUT2D eigenvalue weighted by molar-refractivity contribution is 0.0867. The standard InChI is InChI=1S/C19H26IN/c1-15-8-7-11-17(14-15)21-18-12-6-5-10-16(18)9-3-2-4-13-19(21)20/h2-4,7-8,13-14,16-19H,5-6,9-12H2,1H3/b3-2-,13-4-/t16?,17?,18-,19?/m0/s1. The lowest BCUT2D eigenvalue weighted by Crippen LogP contribution is -2.50. The summed E-state index contributed by atoms with van der Waals surface area (Å²) in [5, 5.41) is 0. The van der Waals surface area contributed by atoms with E-state index in [1.54, 1.807) is 0 Å². The minimum Gasteiger partial charge on any atom is -0.278 e. The summed E-state index contributed by atoms with van der Waals surface area (Å²) in [6, 6.07) is 1.32. The summed E-state index contributed by atoms with van der Waals surface area (Å²) in [6.07, 6.45) is 24.4. The van der Waals surface area contributed by atoms with Gasteiger partial charge in [-0.05, 0) is 38.5 Å². The molecular weight excluding hydrogens is 369 g/mol. The molecule has 2 aliphatic carbocycles. The van der Waals surface area contributed by atoms with Crippen LogP contribution in [0.4, 0.5) is 0 Å². The third-order valence-corrected chi connectivity index (χ3v) is 6.15. The molecule has 1 aliphatic heterocycles. The van der Waals surface area contributed by atoms with Crippen molar-refractivity contribution in [3.05, 3.63) is 48.1 Å². The first-order chi connectivity index (χ1) is 10.3. The minimum atomic E-state index is 0.497. The maximum atomic E-state index is 2.81. The first kappa shape index (κ1) is 15.5. The molecule has 114 valence electrons. The van der Waals surface area contributed by atoms with Crippen molar-refractivity contribution in [2.75, 3.05) is 0 Å². The Morgan fingerprint density at radius 1 is 1.10 bits per heavy atom. The second-order valence-electron chi connectivity index (χ2n) is 6.60. The lowest BCUT2D eigenvalue weighted by Gasteiger charge is -2.45. The molecule has 3 rings (SSSR count). The fraction of sp³-hybridized carbons (Fsp3) is 0.579. The Morgan fingerprint density at radius 3 is 2.81 bits per heavy atom. The largest absolute Gasteiger partial charge is 0.278 e. The van der Waals surface area contributed by atoms with Gasteiger partial charge in [0.2, 0.25) is 0 Å². The Kier molecular flexibility index (Phi) is 5.38. The first-order valence-electron chi connectivity index (χ1n) is 8.35. The second-order valence-corrected chi connectivity index (χ2v) is 7.87. The van der Waals surface area contributed by atoms with Gasteiger partial charge in [-0.2, -0.15) is 0 Å². The molecule has 4 atom stereocenters. The third-order valence-electron chi connectivity index (χ3n) is 5.09. The molecule has 1 saturated carbocycles. The van der Waals surface area contributed by atoms with Crippen LogP contribution in [0.1, 0.15) is 45.4 Å². The molecule has 1 nitrogen and oxygen atoms in total. The van der Waals surface area contributed by atoms with Crippen LogP contribution < -0.4 is 0 Å². The van der Waals surface area contributed by atoms with Gasteiger partial charge in [0.25, 0.3) is 0 Å². The highest BCUT2D eigenvalue weighted by atomic mass is 127. The fourth-order valence-electron chi connectivity index (χ4n) is 4.08. The van der Waals surface area contributed by atoms with Gasteiger partial charge in [-0.15, -0.1) is 0 Å². The Balaban J connectivity index is 1.90. The number of hydrogen-bond donors (Lipinski definition) is 0. The van der Waals surface area contributed by atoms with Crippen molar-refractivity contribution in [3.8, 4) is 0 Å². The quantitative estimate of drug-likeness (QED) is 0.327. The lowest BCUT2D eigenvalue weighted by atomic mass is 9.80. The van der Waals surface area contributed by atoms with Crippen molar-refractivity contribution in [1.82, 2.24) is 4.90 Å². The molecule has 0 aromatic carbocycles. The van der Waals surface area contributed by atoms with Gasteiger partial charge in [-0.3, -0.25) is 4.90 Å². The van der Waals surface area contributed by atoms with E-state index in [-0.39, 0.29) is 0 Å². The van der Waals surface area contributed by atoms with Crippen LogP contribution in [0.2, 0.25) is 0 Å². The fourth-order valence-corrected chi connectivity index (χ4v) is 5.15. The SMILES string of the molecule is CC1=CC(N2C(I)/C=C\C=C/CC3CCCC[C@@H]32)CC=C1. The van der Waals surface area contributed by atoms with Crippen LogP contribution in [0, 0.1) is 5.92 Å². The van der Waals surface area contributed by atoms with E-state index >= 15 is 0 Å². The van der Waals surface area contributed by atoms with Crippen molar-refractivity contribution in [1.29, 1.82) is 0 Å². The van der Waals surface area contributed by atoms with E-state index in [1.807, 2.05) is 0 Å². The van der Waals surface area contributed by atoms with Crippen LogP contribution in [0.5, 0.6) is 0 Å². The summed E-state index contributed by atoms with van der Waals surface area (Å²) < 4.78 is 0.497. The highest BCUT2D eigenvalue weighted by Crippen LogP contribution is 2.37. The van der Waals surface area contributed by atoms with Crippen LogP contribution >= 0.6 is 22.6 Å². The first-order valence-corrected chi connectivity index (χ1v) is 9.60. The monoisotopic (exact) mass is 395 g/mol. The summed E-state index contributed by atoms with van der Waals surface area (Å²) in [6.45, 7) is 2.23. The summed E-state index contributed by atoms with van der Waals surface area (Å²) in [4.78, 5) is 2.81. The van der Waals surface area contributed by atoms with E-state index in [4.69, 9.17) is 0 Å². The maximum Gasteiger partial charge on any atom is 0.0814 e. The van der Waals surface area contributed by atoms with Gasteiger partial charge < -0.3 is 0 Å². The van der Waals surface area contributed by atoms with Crippen molar-refractivity contribution < 1.29 is 0 Å². The molecule has 0 saturated heterocycles. The topological polar surface area (TPSA) is 3.24 Å². The highest BCUT2D eigenvalue weighted by Gasteiger charge is 2.35. The van der Waals surface area contributed by atoms with E-state index in [9.17, 15) is 0 Å². The van der Waals surface area contributed by atoms with Crippen LogP contribution in [-0.2, 0) is 0 Å². The number of allylic oxidation sites excluding steroid dienone is 5. The number of hydrogen-bond acceptors (Lipinski definition) is 1. The van der Waals surface area contributed by atoms with E-state index in [0.717, 1.165) is 12.0 Å². The molecule has 0 radical (unpaired) electrons. The Bertz CT molecular complexity index is 474. The molecule has 0 aromatic rings. The number of nitrogens with zero attached hydrogens (tertiary/aromatic N) is 1. The predicted molar refractivity (Wildman–Crippen MR) is 99.6 cm³/mol. The molecule has 0 bridgehead atoms. The van der Waals surface area contributed by atoms with Crippen molar-refractivity contribution in [3.63, 3.8) is 0 Å². The van der Waals surface area contributed by atoms with E-state index in [1.165, 1.54) is 44.1 Å². The summed E-state index contributed by atoms with van der Waals surface area (Å²) in [5.41, 5.74) is 1.42. The molecule has 1 heterocycles. The maximum absolute atomic E-state index is 2.81. The molecule has 3 unspecified atom stereocenters. The number of rotatable bonds is 1. The molecule has 3 aliphatic rings. The number of fused-ring (bicyclic) bond motifs is 1. The number of alkyl halides is 1. The predicted octanol–water partition coefficient (Wildman–Crippen LogP) is 5.40. The van der Waals surface area contributed by atoms with E-state index in [2.05, 4.69) is 76.9 Å². The summed E-state index contributed by atoms with van der Waals surface area (Å²) in [7, 11) is 0. The Hall–Kier alpha value is -0.350. The second kappa shape index (κ2) is 7.28. The normalized spacial score (nSPS) is 40.4. The van der Waals surface area contributed by atoms with Gasteiger partial charge in [-0.25, -0.2) is 0 Å². The van der Waals surface area contributed by atoms with E-state index in [0.29, 0.717) is 10.1 Å². The minimum absolute atomic E-state index is 0.497. The van der Waals surface area contributed by atoms with Crippen molar-refractivity contribution in [2.45, 2.75) is 61.6 Å². The van der Waals surface area contributed by atoms with Gasteiger partial charge in [0.1, 0.15) is 0 Å². The molecular formula is C19H26IN.